The number of piperazine rings is 1. The van der Waals surface area contributed by atoms with Crippen molar-refractivity contribution in [1.29, 1.82) is 0 Å². The average molecular weight is 308 g/mol. The van der Waals surface area contributed by atoms with Gasteiger partial charge in [-0.1, -0.05) is 56.3 Å². The molecule has 2 nitrogen and oxygen atoms in total. The van der Waals surface area contributed by atoms with Crippen molar-refractivity contribution in [2.24, 2.45) is 5.92 Å². The molecule has 0 radical (unpaired) electrons. The second kappa shape index (κ2) is 7.65. The van der Waals surface area contributed by atoms with Crippen molar-refractivity contribution in [3.8, 4) is 0 Å². The van der Waals surface area contributed by atoms with Gasteiger partial charge in [0, 0.05) is 38.4 Å². The molecule has 3 rings (SSSR count). The number of rotatable bonds is 5. The Balaban J connectivity index is 1.50. The monoisotopic (exact) mass is 308 g/mol. The van der Waals surface area contributed by atoms with Gasteiger partial charge in [-0.3, -0.25) is 4.90 Å². The maximum Gasteiger partial charge on any atom is 0.0367 e. The van der Waals surface area contributed by atoms with Crippen molar-refractivity contribution in [3.63, 3.8) is 0 Å². The lowest BCUT2D eigenvalue weighted by Gasteiger charge is -2.36. The van der Waals surface area contributed by atoms with E-state index in [0.29, 0.717) is 0 Å². The van der Waals surface area contributed by atoms with Gasteiger partial charge in [-0.05, 0) is 35.6 Å². The number of hydrogen-bond acceptors (Lipinski definition) is 2. The van der Waals surface area contributed by atoms with Crippen LogP contribution in [-0.4, -0.2) is 31.1 Å². The number of anilines is 1. The fourth-order valence-electron chi connectivity index (χ4n) is 3.31. The van der Waals surface area contributed by atoms with Crippen LogP contribution in [0.5, 0.6) is 0 Å². The van der Waals surface area contributed by atoms with E-state index in [9.17, 15) is 0 Å². The molecular weight excluding hydrogens is 280 g/mol. The highest BCUT2D eigenvalue weighted by atomic mass is 15.3. The molecule has 0 N–H and O–H groups in total. The zero-order valence-corrected chi connectivity index (χ0v) is 14.4. The third kappa shape index (κ3) is 4.59. The van der Waals surface area contributed by atoms with Crippen molar-refractivity contribution >= 4 is 5.69 Å². The van der Waals surface area contributed by atoms with Crippen LogP contribution in [0.1, 0.15) is 25.0 Å². The van der Waals surface area contributed by atoms with Crippen LogP contribution < -0.4 is 4.90 Å². The Labute approximate surface area is 140 Å². The highest BCUT2D eigenvalue weighted by Crippen LogP contribution is 2.17. The number of para-hydroxylation sites is 1. The molecular formula is C21H28N2. The lowest BCUT2D eigenvalue weighted by Crippen LogP contribution is -2.45. The molecule has 0 amide bonds. The summed E-state index contributed by atoms with van der Waals surface area (Å²) in [6.07, 6.45) is 1.18. The maximum absolute atomic E-state index is 2.57. The van der Waals surface area contributed by atoms with E-state index in [2.05, 4.69) is 78.2 Å². The summed E-state index contributed by atoms with van der Waals surface area (Å²) in [6.45, 7) is 10.2. The van der Waals surface area contributed by atoms with Crippen LogP contribution in [0.15, 0.2) is 54.6 Å². The molecule has 23 heavy (non-hydrogen) atoms. The molecule has 1 saturated heterocycles. The largest absolute Gasteiger partial charge is 0.369 e. The van der Waals surface area contributed by atoms with Gasteiger partial charge in [0.25, 0.3) is 0 Å². The lowest BCUT2D eigenvalue weighted by molar-refractivity contribution is 0.250. The normalized spacial score (nSPS) is 16.0. The highest BCUT2D eigenvalue weighted by molar-refractivity contribution is 5.46. The van der Waals surface area contributed by atoms with E-state index in [1.165, 1.54) is 23.2 Å². The fraction of sp³-hybridized carbons (Fsp3) is 0.429. The van der Waals surface area contributed by atoms with Gasteiger partial charge < -0.3 is 4.90 Å². The summed E-state index contributed by atoms with van der Waals surface area (Å²) in [4.78, 5) is 5.05. The average Bonchev–Trinajstić information content (AvgIpc) is 2.58. The topological polar surface area (TPSA) is 6.48 Å². The van der Waals surface area contributed by atoms with Crippen molar-refractivity contribution in [3.05, 3.63) is 65.7 Å². The summed E-state index contributed by atoms with van der Waals surface area (Å²) in [5, 5.41) is 0. The minimum atomic E-state index is 0.729. The van der Waals surface area contributed by atoms with Gasteiger partial charge in [0.15, 0.2) is 0 Å². The van der Waals surface area contributed by atoms with E-state index in [1.807, 2.05) is 0 Å². The fourth-order valence-corrected chi connectivity index (χ4v) is 3.31. The number of hydrogen-bond donors (Lipinski definition) is 0. The first-order valence-corrected chi connectivity index (χ1v) is 8.81. The van der Waals surface area contributed by atoms with Crippen molar-refractivity contribution in [2.45, 2.75) is 26.8 Å². The summed E-state index contributed by atoms with van der Waals surface area (Å²) >= 11 is 0. The molecule has 0 atom stereocenters. The molecule has 0 bridgehead atoms. The van der Waals surface area contributed by atoms with Crippen molar-refractivity contribution < 1.29 is 0 Å². The predicted molar refractivity (Wildman–Crippen MR) is 98.9 cm³/mol. The van der Waals surface area contributed by atoms with Gasteiger partial charge in [-0.25, -0.2) is 0 Å². The summed E-state index contributed by atoms with van der Waals surface area (Å²) < 4.78 is 0. The first kappa shape index (κ1) is 16.1. The molecule has 0 aliphatic carbocycles. The maximum atomic E-state index is 2.57. The van der Waals surface area contributed by atoms with Crippen LogP contribution in [0, 0.1) is 5.92 Å². The summed E-state index contributed by atoms with van der Waals surface area (Å²) in [5.74, 6) is 0.729. The van der Waals surface area contributed by atoms with Crippen LogP contribution in [-0.2, 0) is 13.0 Å². The van der Waals surface area contributed by atoms with Crippen LogP contribution >= 0.6 is 0 Å². The van der Waals surface area contributed by atoms with Gasteiger partial charge in [0.1, 0.15) is 0 Å². The van der Waals surface area contributed by atoms with Crippen molar-refractivity contribution in [2.75, 3.05) is 31.1 Å². The lowest BCUT2D eigenvalue weighted by atomic mass is 10.0. The van der Waals surface area contributed by atoms with E-state index >= 15 is 0 Å². The molecule has 1 fully saturated rings. The molecule has 0 aromatic heterocycles. The first-order valence-electron chi connectivity index (χ1n) is 8.81. The Morgan fingerprint density at radius 2 is 1.39 bits per heavy atom. The SMILES string of the molecule is CC(C)Cc1ccc(CN2CCN(c3ccccc3)CC2)cc1. The number of benzene rings is 2. The Morgan fingerprint density at radius 1 is 0.783 bits per heavy atom. The summed E-state index contributed by atoms with van der Waals surface area (Å²) in [5.41, 5.74) is 4.24. The number of nitrogens with zero attached hydrogens (tertiary/aromatic N) is 2. The van der Waals surface area contributed by atoms with Gasteiger partial charge in [0.2, 0.25) is 0 Å². The molecule has 1 heterocycles. The van der Waals surface area contributed by atoms with E-state index < -0.39 is 0 Å². The quantitative estimate of drug-likeness (QED) is 0.816. The second-order valence-electron chi connectivity index (χ2n) is 7.01. The van der Waals surface area contributed by atoms with Gasteiger partial charge in [-0.15, -0.1) is 0 Å². The molecule has 2 heteroatoms. The Morgan fingerprint density at radius 3 is 2.00 bits per heavy atom. The van der Waals surface area contributed by atoms with Crippen LogP contribution in [0.2, 0.25) is 0 Å². The molecule has 1 aliphatic rings. The Bertz CT molecular complexity index is 581. The molecule has 2 aromatic rings. The molecule has 2 aromatic carbocycles. The van der Waals surface area contributed by atoms with Gasteiger partial charge in [0.05, 0.1) is 0 Å². The zero-order chi connectivity index (χ0) is 16.1. The highest BCUT2D eigenvalue weighted by Gasteiger charge is 2.17. The van der Waals surface area contributed by atoms with E-state index in [-0.39, 0.29) is 0 Å². The zero-order valence-electron chi connectivity index (χ0n) is 14.4. The molecule has 122 valence electrons. The van der Waals surface area contributed by atoms with Crippen LogP contribution in [0.4, 0.5) is 5.69 Å². The third-order valence-electron chi connectivity index (χ3n) is 4.57. The minimum absolute atomic E-state index is 0.729. The van der Waals surface area contributed by atoms with E-state index in [1.54, 1.807) is 0 Å². The predicted octanol–water partition coefficient (Wildman–Crippen LogP) is 4.21. The van der Waals surface area contributed by atoms with Crippen LogP contribution in [0.3, 0.4) is 0 Å². The molecule has 1 aliphatic heterocycles. The first-order chi connectivity index (χ1) is 11.2. The smallest absolute Gasteiger partial charge is 0.0367 e. The van der Waals surface area contributed by atoms with Crippen LogP contribution in [0.25, 0.3) is 0 Å². The molecule has 0 saturated carbocycles. The standard InChI is InChI=1S/C21H28N2/c1-18(2)16-19-8-10-20(11-9-19)17-22-12-14-23(15-13-22)21-6-4-3-5-7-21/h3-11,18H,12-17H2,1-2H3. The Kier molecular flexibility index (Phi) is 5.35. The second-order valence-corrected chi connectivity index (χ2v) is 7.01. The summed E-state index contributed by atoms with van der Waals surface area (Å²) in [7, 11) is 0. The summed E-state index contributed by atoms with van der Waals surface area (Å²) in [6, 6.07) is 20.0. The van der Waals surface area contributed by atoms with E-state index in [4.69, 9.17) is 0 Å². The Hall–Kier alpha value is -1.80. The minimum Gasteiger partial charge on any atom is -0.369 e. The van der Waals surface area contributed by atoms with Gasteiger partial charge >= 0.3 is 0 Å². The molecule has 0 unspecified atom stereocenters. The molecule has 0 spiro atoms. The third-order valence-corrected chi connectivity index (χ3v) is 4.57. The van der Waals surface area contributed by atoms with E-state index in [0.717, 1.165) is 38.6 Å². The van der Waals surface area contributed by atoms with Crippen molar-refractivity contribution in [1.82, 2.24) is 4.90 Å². The van der Waals surface area contributed by atoms with Gasteiger partial charge in [-0.2, -0.15) is 0 Å².